The van der Waals surface area contributed by atoms with Crippen molar-refractivity contribution in [2.24, 2.45) is 0 Å². The predicted molar refractivity (Wildman–Crippen MR) is 93.5 cm³/mol. The molecule has 0 saturated carbocycles. The van der Waals surface area contributed by atoms with E-state index in [0.29, 0.717) is 12.2 Å². The molecule has 0 saturated heterocycles. The van der Waals surface area contributed by atoms with Crippen molar-refractivity contribution in [3.05, 3.63) is 64.7 Å². The van der Waals surface area contributed by atoms with Crippen LogP contribution in [0, 0.1) is 6.92 Å². The van der Waals surface area contributed by atoms with Gasteiger partial charge in [0.05, 0.1) is 18.4 Å². The van der Waals surface area contributed by atoms with Crippen molar-refractivity contribution in [3.63, 3.8) is 0 Å². The average molecular weight is 387 g/mol. The first-order valence-corrected chi connectivity index (χ1v) is 9.53. The number of hydrogen-bond donors (Lipinski definition) is 1. The first-order valence-electron chi connectivity index (χ1n) is 7.88. The first-order chi connectivity index (χ1) is 12.1. The van der Waals surface area contributed by atoms with Gasteiger partial charge >= 0.3 is 6.18 Å². The third-order valence-electron chi connectivity index (χ3n) is 3.76. The zero-order chi connectivity index (χ0) is 19.4. The monoisotopic (exact) mass is 387 g/mol. The molecule has 26 heavy (non-hydrogen) atoms. The molecular weight excluding hydrogens is 367 g/mol. The maximum Gasteiger partial charge on any atom is 0.416 e. The summed E-state index contributed by atoms with van der Waals surface area (Å²) in [5.41, 5.74) is 1.09. The molecule has 2 rings (SSSR count). The molecule has 4 nitrogen and oxygen atoms in total. The zero-order valence-corrected chi connectivity index (χ0v) is 15.2. The fourth-order valence-corrected chi connectivity index (χ4v) is 3.69. The van der Waals surface area contributed by atoms with Gasteiger partial charge in [0.25, 0.3) is 0 Å². The summed E-state index contributed by atoms with van der Waals surface area (Å²) in [6, 6.07) is 9.92. The fourth-order valence-electron chi connectivity index (χ4n) is 2.55. The molecule has 0 aliphatic rings. The van der Waals surface area contributed by atoms with Crippen LogP contribution in [-0.2, 0) is 28.4 Å². The molecule has 0 heterocycles. The Kier molecular flexibility index (Phi) is 6.30. The lowest BCUT2D eigenvalue weighted by Crippen LogP contribution is -2.27. The minimum absolute atomic E-state index is 0.0838. The standard InChI is InChI=1S/C18H20F3NO3S/c1-13-6-7-17(25-2)15(10-13)8-9-22-26(23,24)12-14-4-3-5-16(11-14)18(19,20)21/h3-7,10-11,22H,8-9,12H2,1-2H3. The molecule has 0 atom stereocenters. The van der Waals surface area contributed by atoms with Gasteiger partial charge in [-0.2, -0.15) is 13.2 Å². The summed E-state index contributed by atoms with van der Waals surface area (Å²) < 4.78 is 70.1. The van der Waals surface area contributed by atoms with Gasteiger partial charge < -0.3 is 4.74 Å². The lowest BCUT2D eigenvalue weighted by Gasteiger charge is -2.12. The van der Waals surface area contributed by atoms with Crippen LogP contribution in [0.4, 0.5) is 13.2 Å². The molecule has 0 bridgehead atoms. The molecule has 0 radical (unpaired) electrons. The van der Waals surface area contributed by atoms with E-state index in [-0.39, 0.29) is 12.1 Å². The van der Waals surface area contributed by atoms with Crippen LogP contribution in [0.25, 0.3) is 0 Å². The number of alkyl halides is 3. The van der Waals surface area contributed by atoms with Crippen molar-refractivity contribution in [3.8, 4) is 5.75 Å². The average Bonchev–Trinajstić information content (AvgIpc) is 2.54. The fraction of sp³-hybridized carbons (Fsp3) is 0.333. The summed E-state index contributed by atoms with van der Waals surface area (Å²) in [6.45, 7) is 2.04. The summed E-state index contributed by atoms with van der Waals surface area (Å²) in [5, 5.41) is 0. The van der Waals surface area contributed by atoms with Crippen LogP contribution in [0.2, 0.25) is 0 Å². The van der Waals surface area contributed by atoms with Crippen LogP contribution >= 0.6 is 0 Å². The topological polar surface area (TPSA) is 55.4 Å². The van der Waals surface area contributed by atoms with Crippen molar-refractivity contribution in [1.82, 2.24) is 4.72 Å². The van der Waals surface area contributed by atoms with E-state index in [1.165, 1.54) is 19.2 Å². The van der Waals surface area contributed by atoms with Gasteiger partial charge in [-0.05, 0) is 36.6 Å². The summed E-state index contributed by atoms with van der Waals surface area (Å²) in [6.07, 6.45) is -4.10. The molecule has 0 aliphatic carbocycles. The predicted octanol–water partition coefficient (Wildman–Crippen LogP) is 3.68. The Bertz CT molecular complexity index is 864. The largest absolute Gasteiger partial charge is 0.496 e. The molecule has 0 spiro atoms. The van der Waals surface area contributed by atoms with Gasteiger partial charge in [0.2, 0.25) is 10.0 Å². The van der Waals surface area contributed by atoms with Crippen molar-refractivity contribution < 1.29 is 26.3 Å². The lowest BCUT2D eigenvalue weighted by atomic mass is 10.1. The molecule has 8 heteroatoms. The number of nitrogens with one attached hydrogen (secondary N) is 1. The molecule has 2 aromatic rings. The van der Waals surface area contributed by atoms with Gasteiger partial charge in [0, 0.05) is 6.54 Å². The number of rotatable bonds is 7. The number of sulfonamides is 1. The molecule has 2 aromatic carbocycles. The van der Waals surface area contributed by atoms with E-state index in [2.05, 4.69) is 4.72 Å². The lowest BCUT2D eigenvalue weighted by molar-refractivity contribution is -0.137. The van der Waals surface area contributed by atoms with Crippen molar-refractivity contribution in [2.45, 2.75) is 25.3 Å². The second-order valence-electron chi connectivity index (χ2n) is 5.92. The highest BCUT2D eigenvalue weighted by atomic mass is 32.2. The quantitative estimate of drug-likeness (QED) is 0.789. The van der Waals surface area contributed by atoms with Crippen LogP contribution in [0.3, 0.4) is 0 Å². The van der Waals surface area contributed by atoms with E-state index in [9.17, 15) is 21.6 Å². The van der Waals surface area contributed by atoms with Crippen LogP contribution in [-0.4, -0.2) is 22.1 Å². The Morgan fingerprint density at radius 2 is 1.85 bits per heavy atom. The Morgan fingerprint density at radius 1 is 1.12 bits per heavy atom. The minimum atomic E-state index is -4.51. The smallest absolute Gasteiger partial charge is 0.416 e. The Hall–Kier alpha value is -2.06. The van der Waals surface area contributed by atoms with Crippen molar-refractivity contribution in [1.29, 1.82) is 0 Å². The van der Waals surface area contributed by atoms with Gasteiger partial charge in [0.1, 0.15) is 5.75 Å². The highest BCUT2D eigenvalue weighted by Crippen LogP contribution is 2.29. The van der Waals surface area contributed by atoms with Crippen LogP contribution in [0.1, 0.15) is 22.3 Å². The van der Waals surface area contributed by atoms with Gasteiger partial charge in [-0.25, -0.2) is 13.1 Å². The summed E-state index contributed by atoms with van der Waals surface area (Å²) in [4.78, 5) is 0. The van der Waals surface area contributed by atoms with Gasteiger partial charge in [-0.15, -0.1) is 0 Å². The second kappa shape index (κ2) is 8.09. The van der Waals surface area contributed by atoms with E-state index in [4.69, 9.17) is 4.74 Å². The third kappa shape index (κ3) is 5.74. The molecule has 0 unspecified atom stereocenters. The summed E-state index contributed by atoms with van der Waals surface area (Å²) in [5.74, 6) is 0.148. The van der Waals surface area contributed by atoms with Crippen LogP contribution in [0.5, 0.6) is 5.75 Å². The van der Waals surface area contributed by atoms with E-state index < -0.39 is 27.5 Å². The number of ether oxygens (including phenoxy) is 1. The number of aryl methyl sites for hydroxylation is 1. The maximum atomic E-state index is 12.7. The third-order valence-corrected chi connectivity index (χ3v) is 5.12. The highest BCUT2D eigenvalue weighted by molar-refractivity contribution is 7.88. The summed E-state index contributed by atoms with van der Waals surface area (Å²) >= 11 is 0. The van der Waals surface area contributed by atoms with Gasteiger partial charge in [-0.1, -0.05) is 35.9 Å². The molecule has 1 N–H and O–H groups in total. The van der Waals surface area contributed by atoms with Gasteiger partial charge in [0.15, 0.2) is 0 Å². The number of methoxy groups -OCH3 is 1. The van der Waals surface area contributed by atoms with E-state index in [0.717, 1.165) is 23.3 Å². The molecule has 142 valence electrons. The van der Waals surface area contributed by atoms with E-state index in [1.807, 2.05) is 25.1 Å². The molecule has 0 fully saturated rings. The Labute approximate surface area is 151 Å². The molecule has 0 aliphatic heterocycles. The second-order valence-corrected chi connectivity index (χ2v) is 7.72. The molecular formula is C18H20F3NO3S. The maximum absolute atomic E-state index is 12.7. The number of benzene rings is 2. The SMILES string of the molecule is COc1ccc(C)cc1CCNS(=O)(=O)Cc1cccc(C(F)(F)F)c1. The van der Waals surface area contributed by atoms with Crippen molar-refractivity contribution in [2.75, 3.05) is 13.7 Å². The normalized spacial score (nSPS) is 12.2. The first kappa shape index (κ1) is 20.3. The minimum Gasteiger partial charge on any atom is -0.496 e. The number of hydrogen-bond acceptors (Lipinski definition) is 3. The van der Waals surface area contributed by atoms with E-state index in [1.54, 1.807) is 0 Å². The van der Waals surface area contributed by atoms with Crippen LogP contribution in [0.15, 0.2) is 42.5 Å². The zero-order valence-electron chi connectivity index (χ0n) is 14.4. The highest BCUT2D eigenvalue weighted by Gasteiger charge is 2.30. The Balaban J connectivity index is 2.01. The molecule has 0 aromatic heterocycles. The number of halogens is 3. The Morgan fingerprint density at radius 3 is 2.50 bits per heavy atom. The van der Waals surface area contributed by atoms with E-state index >= 15 is 0 Å². The van der Waals surface area contributed by atoms with Gasteiger partial charge in [-0.3, -0.25) is 0 Å². The van der Waals surface area contributed by atoms with Crippen LogP contribution < -0.4 is 9.46 Å². The summed E-state index contributed by atoms with van der Waals surface area (Å²) in [7, 11) is -2.22. The van der Waals surface area contributed by atoms with Crippen molar-refractivity contribution >= 4 is 10.0 Å². The molecule has 0 amide bonds.